The molecule has 0 spiro atoms. The van der Waals surface area contributed by atoms with Crippen LogP contribution in [0, 0.1) is 6.92 Å². The maximum atomic E-state index is 5.82. The summed E-state index contributed by atoms with van der Waals surface area (Å²) in [4.78, 5) is 15.0. The molecule has 0 unspecified atom stereocenters. The van der Waals surface area contributed by atoms with Crippen molar-refractivity contribution in [2.45, 2.75) is 17.1 Å². The number of rotatable bonds is 2. The van der Waals surface area contributed by atoms with Crippen molar-refractivity contribution in [3.8, 4) is 0 Å². The van der Waals surface area contributed by atoms with E-state index in [1.54, 1.807) is 19.3 Å². The maximum Gasteiger partial charge on any atom is 0.223 e. The molecule has 2 heterocycles. The topological polar surface area (TPSA) is 80.5 Å². The largest absolute Gasteiger partial charge is 0.395 e. The van der Waals surface area contributed by atoms with Crippen LogP contribution < -0.4 is 5.73 Å². The molecule has 0 atom stereocenters. The summed E-state index contributed by atoms with van der Waals surface area (Å²) in [5.41, 5.74) is 7.02. The number of H-pyrrole nitrogens is 1. The van der Waals surface area contributed by atoms with Gasteiger partial charge >= 0.3 is 0 Å². The average molecular weight is 242 g/mol. The molecule has 15 heavy (non-hydrogen) atoms. The molecule has 0 fully saturated rings. The van der Waals surface area contributed by atoms with Crippen molar-refractivity contribution in [2.75, 3.05) is 5.73 Å². The third kappa shape index (κ3) is 2.21. The van der Waals surface area contributed by atoms with Gasteiger partial charge in [0.15, 0.2) is 5.16 Å². The highest BCUT2D eigenvalue weighted by Gasteiger charge is 2.10. The molecule has 0 amide bonds. The Balaban J connectivity index is 2.36. The molecule has 2 aromatic heterocycles. The maximum absolute atomic E-state index is 5.82. The lowest BCUT2D eigenvalue weighted by Gasteiger charge is -2.04. The second kappa shape index (κ2) is 4.08. The van der Waals surface area contributed by atoms with Gasteiger partial charge in [0.05, 0.1) is 11.4 Å². The Hall–Kier alpha value is -1.27. The summed E-state index contributed by atoms with van der Waals surface area (Å²) in [6, 6.07) is 0. The Kier molecular flexibility index (Phi) is 2.79. The first kappa shape index (κ1) is 10.3. The fourth-order valence-corrected chi connectivity index (χ4v) is 2.07. The number of nitrogens with zero attached hydrogens (tertiary/aromatic N) is 3. The van der Waals surface area contributed by atoms with Crippen molar-refractivity contribution in [3.63, 3.8) is 0 Å². The van der Waals surface area contributed by atoms with Crippen molar-refractivity contribution in [1.82, 2.24) is 19.9 Å². The summed E-state index contributed by atoms with van der Waals surface area (Å²) in [6.07, 6.45) is 3.39. The van der Waals surface area contributed by atoms with E-state index in [-0.39, 0.29) is 5.28 Å². The second-order valence-electron chi connectivity index (χ2n) is 2.79. The zero-order valence-electron chi connectivity index (χ0n) is 7.86. The number of nitrogen functional groups attached to an aromatic ring is 1. The van der Waals surface area contributed by atoms with Gasteiger partial charge in [0.25, 0.3) is 0 Å². The van der Waals surface area contributed by atoms with E-state index in [0.717, 1.165) is 5.16 Å². The normalized spacial score (nSPS) is 10.5. The molecule has 0 saturated carbocycles. The monoisotopic (exact) mass is 241 g/mol. The minimum absolute atomic E-state index is 0.191. The fraction of sp³-hybridized carbons (Fsp3) is 0.125. The molecule has 0 radical (unpaired) electrons. The van der Waals surface area contributed by atoms with Gasteiger partial charge in [-0.1, -0.05) is 0 Å². The van der Waals surface area contributed by atoms with Gasteiger partial charge in [-0.15, -0.1) is 0 Å². The van der Waals surface area contributed by atoms with E-state index in [0.29, 0.717) is 16.4 Å². The van der Waals surface area contributed by atoms with Crippen molar-refractivity contribution in [3.05, 3.63) is 23.4 Å². The van der Waals surface area contributed by atoms with Crippen molar-refractivity contribution >= 4 is 29.1 Å². The van der Waals surface area contributed by atoms with Crippen LogP contribution in [0.5, 0.6) is 0 Å². The lowest BCUT2D eigenvalue weighted by molar-refractivity contribution is 0.998. The van der Waals surface area contributed by atoms with Crippen LogP contribution in [0.25, 0.3) is 0 Å². The van der Waals surface area contributed by atoms with E-state index < -0.39 is 0 Å². The van der Waals surface area contributed by atoms with Crippen LogP contribution in [0.1, 0.15) is 5.69 Å². The predicted molar refractivity (Wildman–Crippen MR) is 58.9 cm³/mol. The van der Waals surface area contributed by atoms with Gasteiger partial charge in [0.2, 0.25) is 5.28 Å². The van der Waals surface area contributed by atoms with Gasteiger partial charge in [-0.2, -0.15) is 0 Å². The van der Waals surface area contributed by atoms with Crippen molar-refractivity contribution in [2.24, 2.45) is 0 Å². The van der Waals surface area contributed by atoms with E-state index in [2.05, 4.69) is 19.9 Å². The molecule has 3 N–H and O–H groups in total. The second-order valence-corrected chi connectivity index (χ2v) is 4.11. The number of aryl methyl sites for hydroxylation is 1. The van der Waals surface area contributed by atoms with Crippen LogP contribution in [0.2, 0.25) is 5.28 Å². The smallest absolute Gasteiger partial charge is 0.223 e. The average Bonchev–Trinajstić information content (AvgIpc) is 2.66. The Bertz CT molecular complexity index is 470. The first-order valence-electron chi connectivity index (χ1n) is 4.13. The standard InChI is InChI=1S/C8H8ClN5S/c1-4-5(10)6(14-7(9)13-4)15-8-11-2-3-12-8/h2-3H,10H2,1H3,(H,11,12). The summed E-state index contributed by atoms with van der Waals surface area (Å²) in [7, 11) is 0. The molecule has 2 rings (SSSR count). The van der Waals surface area contributed by atoms with Crippen LogP contribution in [0.4, 0.5) is 5.69 Å². The van der Waals surface area contributed by atoms with E-state index in [1.165, 1.54) is 11.8 Å². The Morgan fingerprint density at radius 1 is 1.47 bits per heavy atom. The number of anilines is 1. The Morgan fingerprint density at radius 3 is 2.93 bits per heavy atom. The highest BCUT2D eigenvalue weighted by molar-refractivity contribution is 7.99. The molecule has 0 aliphatic rings. The van der Waals surface area contributed by atoms with Crippen molar-refractivity contribution in [1.29, 1.82) is 0 Å². The lowest BCUT2D eigenvalue weighted by atomic mass is 10.4. The van der Waals surface area contributed by atoms with E-state index in [9.17, 15) is 0 Å². The summed E-state index contributed by atoms with van der Waals surface area (Å²) >= 11 is 7.06. The third-order valence-electron chi connectivity index (χ3n) is 1.74. The summed E-state index contributed by atoms with van der Waals surface area (Å²) in [5, 5.41) is 1.52. The molecule has 0 aliphatic heterocycles. The molecule has 7 heteroatoms. The number of hydrogen-bond acceptors (Lipinski definition) is 5. The van der Waals surface area contributed by atoms with Crippen LogP contribution >= 0.6 is 23.4 Å². The predicted octanol–water partition coefficient (Wildman–Crippen LogP) is 1.89. The summed E-state index contributed by atoms with van der Waals surface area (Å²) in [6.45, 7) is 1.79. The SMILES string of the molecule is Cc1nc(Cl)nc(Sc2ncc[nH]2)c1N. The van der Waals surface area contributed by atoms with Gasteiger partial charge < -0.3 is 10.7 Å². The van der Waals surface area contributed by atoms with Crippen LogP contribution in [-0.2, 0) is 0 Å². The van der Waals surface area contributed by atoms with Gasteiger partial charge in [-0.25, -0.2) is 15.0 Å². The van der Waals surface area contributed by atoms with Gasteiger partial charge in [0, 0.05) is 12.4 Å². The molecule has 5 nitrogen and oxygen atoms in total. The number of hydrogen-bond donors (Lipinski definition) is 2. The number of halogens is 1. The molecule has 2 aromatic rings. The first-order valence-corrected chi connectivity index (χ1v) is 5.33. The number of aromatic amines is 1. The van der Waals surface area contributed by atoms with Crippen LogP contribution in [0.15, 0.2) is 22.6 Å². The zero-order chi connectivity index (χ0) is 10.8. The van der Waals surface area contributed by atoms with Gasteiger partial charge in [-0.3, -0.25) is 0 Å². The first-order chi connectivity index (χ1) is 7.16. The minimum atomic E-state index is 0.191. The quantitative estimate of drug-likeness (QED) is 0.620. The molecule has 0 aromatic carbocycles. The van der Waals surface area contributed by atoms with Gasteiger partial charge in [-0.05, 0) is 30.3 Å². The third-order valence-corrected chi connectivity index (χ3v) is 2.83. The minimum Gasteiger partial charge on any atom is -0.395 e. The van der Waals surface area contributed by atoms with Crippen LogP contribution in [-0.4, -0.2) is 19.9 Å². The van der Waals surface area contributed by atoms with Crippen molar-refractivity contribution < 1.29 is 0 Å². The van der Waals surface area contributed by atoms with E-state index >= 15 is 0 Å². The number of nitrogens with one attached hydrogen (secondary N) is 1. The molecular weight excluding hydrogens is 234 g/mol. The highest BCUT2D eigenvalue weighted by Crippen LogP contribution is 2.29. The van der Waals surface area contributed by atoms with E-state index in [1.807, 2.05) is 0 Å². The number of nitrogens with two attached hydrogens (primary N) is 1. The molecule has 0 aliphatic carbocycles. The Morgan fingerprint density at radius 2 is 2.27 bits per heavy atom. The van der Waals surface area contributed by atoms with E-state index in [4.69, 9.17) is 17.3 Å². The molecule has 78 valence electrons. The molecular formula is C8H8ClN5S. The summed E-state index contributed by atoms with van der Waals surface area (Å²) < 4.78 is 0. The summed E-state index contributed by atoms with van der Waals surface area (Å²) in [5.74, 6) is 0. The zero-order valence-corrected chi connectivity index (χ0v) is 9.43. The van der Waals surface area contributed by atoms with Gasteiger partial charge in [0.1, 0.15) is 5.03 Å². The molecule has 0 saturated heterocycles. The fourth-order valence-electron chi connectivity index (χ4n) is 0.998. The highest BCUT2D eigenvalue weighted by atomic mass is 35.5. The Labute approximate surface area is 95.5 Å². The van der Waals surface area contributed by atoms with Crippen LogP contribution in [0.3, 0.4) is 0 Å². The molecule has 0 bridgehead atoms. The number of imidazole rings is 1. The number of aromatic nitrogens is 4. The lowest BCUT2D eigenvalue weighted by Crippen LogP contribution is -1.99.